The molecule has 1 N–H and O–H groups in total. The summed E-state index contributed by atoms with van der Waals surface area (Å²) in [5.41, 5.74) is 2.70. The van der Waals surface area contributed by atoms with Gasteiger partial charge in [-0.1, -0.05) is 31.5 Å². The molecule has 0 saturated heterocycles. The van der Waals surface area contributed by atoms with E-state index in [0.717, 1.165) is 34.3 Å². The van der Waals surface area contributed by atoms with Crippen LogP contribution in [0.3, 0.4) is 0 Å². The van der Waals surface area contributed by atoms with Crippen molar-refractivity contribution in [3.63, 3.8) is 0 Å². The Kier molecular flexibility index (Phi) is 4.59. The van der Waals surface area contributed by atoms with E-state index in [2.05, 4.69) is 21.7 Å². The highest BCUT2D eigenvalue weighted by atomic mass is 32.2. The van der Waals surface area contributed by atoms with Crippen molar-refractivity contribution in [2.24, 2.45) is 0 Å². The van der Waals surface area contributed by atoms with Crippen LogP contribution in [0.5, 0.6) is 0 Å². The van der Waals surface area contributed by atoms with E-state index in [9.17, 15) is 0 Å². The van der Waals surface area contributed by atoms with Crippen molar-refractivity contribution >= 4 is 24.0 Å². The lowest BCUT2D eigenvalue weighted by atomic mass is 10.1. The van der Waals surface area contributed by atoms with Crippen LogP contribution < -0.4 is 0 Å². The molecule has 0 radical (unpaired) electrons. The van der Waals surface area contributed by atoms with Gasteiger partial charge in [-0.25, -0.2) is 4.98 Å². The number of hydrogen-bond donors (Lipinski definition) is 1. The van der Waals surface area contributed by atoms with Crippen molar-refractivity contribution in [2.75, 3.05) is 0 Å². The number of nitrogens with one attached hydrogen (secondary N) is 1. The summed E-state index contributed by atoms with van der Waals surface area (Å²) in [7, 11) is 0. The van der Waals surface area contributed by atoms with Gasteiger partial charge in [-0.15, -0.1) is 0 Å². The maximum Gasteiger partial charge on any atom is 0.133 e. The van der Waals surface area contributed by atoms with Crippen molar-refractivity contribution in [3.8, 4) is 0 Å². The molecule has 0 aromatic carbocycles. The Morgan fingerprint density at radius 3 is 2.74 bits per heavy atom. The van der Waals surface area contributed by atoms with Crippen LogP contribution in [0.15, 0.2) is 0 Å². The minimum absolute atomic E-state index is 0.850. The molecule has 1 heterocycles. The molecule has 1 aromatic rings. The smallest absolute Gasteiger partial charge is 0.133 e. The van der Waals surface area contributed by atoms with Gasteiger partial charge in [0.15, 0.2) is 0 Å². The van der Waals surface area contributed by atoms with Crippen LogP contribution in [0, 0.1) is 4.64 Å². The van der Waals surface area contributed by atoms with Crippen molar-refractivity contribution in [2.45, 2.75) is 68.8 Å². The van der Waals surface area contributed by atoms with Gasteiger partial charge >= 0.3 is 0 Å². The van der Waals surface area contributed by atoms with E-state index in [1.807, 2.05) is 0 Å². The molecule has 19 heavy (non-hydrogen) atoms. The zero-order chi connectivity index (χ0) is 13.1. The molecular formula is C15H22N2S2. The Labute approximate surface area is 124 Å². The summed E-state index contributed by atoms with van der Waals surface area (Å²) in [6.07, 6.45) is 11.7. The number of hydrogen-bond acceptors (Lipinski definition) is 3. The fraction of sp³-hybridized carbons (Fsp3) is 0.733. The van der Waals surface area contributed by atoms with Crippen LogP contribution >= 0.6 is 24.0 Å². The molecule has 104 valence electrons. The van der Waals surface area contributed by atoms with Gasteiger partial charge in [0.05, 0.1) is 5.75 Å². The summed E-state index contributed by atoms with van der Waals surface area (Å²) >= 11 is 7.56. The number of nitrogens with zero attached hydrogens (tertiary/aromatic N) is 1. The highest BCUT2D eigenvalue weighted by molar-refractivity contribution is 7.99. The highest BCUT2D eigenvalue weighted by Gasteiger charge is 2.17. The van der Waals surface area contributed by atoms with Gasteiger partial charge in [-0.3, -0.25) is 0 Å². The van der Waals surface area contributed by atoms with Crippen LogP contribution in [-0.2, 0) is 18.6 Å². The molecule has 1 saturated carbocycles. The first kappa shape index (κ1) is 13.6. The molecule has 0 atom stereocenters. The number of aromatic amines is 1. The first-order valence-corrected chi connectivity index (χ1v) is 9.01. The molecule has 0 aliphatic heterocycles. The molecule has 1 aromatic heterocycles. The van der Waals surface area contributed by atoms with E-state index in [0.29, 0.717) is 0 Å². The predicted octanol–water partition coefficient (Wildman–Crippen LogP) is 4.58. The first-order chi connectivity index (χ1) is 9.33. The number of fused-ring (bicyclic) bond motifs is 1. The lowest BCUT2D eigenvalue weighted by molar-refractivity contribution is 0.708. The molecule has 0 amide bonds. The summed E-state index contributed by atoms with van der Waals surface area (Å²) in [4.78, 5) is 8.20. The number of H-pyrrole nitrogens is 1. The Morgan fingerprint density at radius 1 is 1.11 bits per heavy atom. The third kappa shape index (κ3) is 3.40. The molecule has 3 rings (SSSR count). The SMILES string of the molecule is S=c1nc(CSC2CCCC2)[nH]c2c1CCCCC2. The quantitative estimate of drug-likeness (QED) is 0.653. The molecule has 0 unspecified atom stereocenters. The standard InChI is InChI=1S/C15H22N2S2/c18-15-12-8-2-1-3-9-13(12)16-14(17-15)10-19-11-6-4-5-7-11/h11H,1-10H2,(H,16,17,18). The van der Waals surface area contributed by atoms with E-state index in [4.69, 9.17) is 12.2 Å². The lowest BCUT2D eigenvalue weighted by Gasteiger charge is -2.11. The largest absolute Gasteiger partial charge is 0.346 e. The molecule has 2 aliphatic carbocycles. The zero-order valence-corrected chi connectivity index (χ0v) is 13.0. The first-order valence-electron chi connectivity index (χ1n) is 7.55. The van der Waals surface area contributed by atoms with E-state index in [-0.39, 0.29) is 0 Å². The Balaban J connectivity index is 1.73. The third-order valence-corrected chi connectivity index (χ3v) is 5.99. The molecular weight excluding hydrogens is 272 g/mol. The second-order valence-electron chi connectivity index (χ2n) is 5.72. The summed E-state index contributed by atoms with van der Waals surface area (Å²) < 4.78 is 0.859. The summed E-state index contributed by atoms with van der Waals surface area (Å²) in [6, 6.07) is 0. The average molecular weight is 294 g/mol. The minimum Gasteiger partial charge on any atom is -0.346 e. The topological polar surface area (TPSA) is 28.7 Å². The molecule has 2 nitrogen and oxygen atoms in total. The number of aromatic nitrogens is 2. The highest BCUT2D eigenvalue weighted by Crippen LogP contribution is 2.31. The Hall–Kier alpha value is -0.350. The van der Waals surface area contributed by atoms with Crippen LogP contribution in [0.4, 0.5) is 0 Å². The third-order valence-electron chi connectivity index (χ3n) is 4.27. The minimum atomic E-state index is 0.850. The van der Waals surface area contributed by atoms with Crippen LogP contribution in [0.1, 0.15) is 62.0 Å². The van der Waals surface area contributed by atoms with Crippen LogP contribution in [-0.4, -0.2) is 15.2 Å². The number of rotatable bonds is 3. The van der Waals surface area contributed by atoms with Crippen LogP contribution in [0.2, 0.25) is 0 Å². The van der Waals surface area contributed by atoms with Crippen molar-refractivity contribution in [3.05, 3.63) is 21.7 Å². The fourth-order valence-corrected chi connectivity index (χ4v) is 4.70. The van der Waals surface area contributed by atoms with Gasteiger partial charge in [-0.05, 0) is 38.5 Å². The lowest BCUT2D eigenvalue weighted by Crippen LogP contribution is -2.05. The maximum atomic E-state index is 5.50. The van der Waals surface area contributed by atoms with E-state index in [1.165, 1.54) is 56.2 Å². The number of thioether (sulfide) groups is 1. The molecule has 1 fully saturated rings. The average Bonchev–Trinajstić information content (AvgIpc) is 2.81. The Bertz CT molecular complexity index is 489. The van der Waals surface area contributed by atoms with E-state index < -0.39 is 0 Å². The van der Waals surface area contributed by atoms with Gasteiger partial charge in [0.25, 0.3) is 0 Å². The maximum absolute atomic E-state index is 5.50. The van der Waals surface area contributed by atoms with Crippen molar-refractivity contribution in [1.82, 2.24) is 9.97 Å². The molecule has 2 aliphatic rings. The summed E-state index contributed by atoms with van der Waals surface area (Å²) in [6.45, 7) is 0. The van der Waals surface area contributed by atoms with Gasteiger partial charge in [0, 0.05) is 16.5 Å². The van der Waals surface area contributed by atoms with E-state index >= 15 is 0 Å². The molecule has 0 bridgehead atoms. The van der Waals surface area contributed by atoms with Gasteiger partial charge < -0.3 is 4.98 Å². The second kappa shape index (κ2) is 6.40. The van der Waals surface area contributed by atoms with Gasteiger partial charge in [0.2, 0.25) is 0 Å². The second-order valence-corrected chi connectivity index (χ2v) is 7.40. The van der Waals surface area contributed by atoms with E-state index in [1.54, 1.807) is 0 Å². The Morgan fingerprint density at radius 2 is 1.89 bits per heavy atom. The fourth-order valence-electron chi connectivity index (χ4n) is 3.17. The van der Waals surface area contributed by atoms with Crippen molar-refractivity contribution in [1.29, 1.82) is 0 Å². The predicted molar refractivity (Wildman–Crippen MR) is 84.2 cm³/mol. The molecule has 4 heteroatoms. The number of aryl methyl sites for hydroxylation is 1. The molecule has 0 spiro atoms. The monoisotopic (exact) mass is 294 g/mol. The van der Waals surface area contributed by atoms with Crippen molar-refractivity contribution < 1.29 is 0 Å². The van der Waals surface area contributed by atoms with Crippen LogP contribution in [0.25, 0.3) is 0 Å². The normalized spacial score (nSPS) is 20.2. The summed E-state index contributed by atoms with van der Waals surface area (Å²) in [5.74, 6) is 2.10. The van der Waals surface area contributed by atoms with Gasteiger partial charge in [-0.2, -0.15) is 11.8 Å². The summed E-state index contributed by atoms with van der Waals surface area (Å²) in [5, 5.41) is 0.850. The van der Waals surface area contributed by atoms with Gasteiger partial charge in [0.1, 0.15) is 10.5 Å². The zero-order valence-electron chi connectivity index (χ0n) is 11.4.